The third-order valence-electron chi connectivity index (χ3n) is 4.03. The fourth-order valence-corrected chi connectivity index (χ4v) is 2.45. The summed E-state index contributed by atoms with van der Waals surface area (Å²) < 4.78 is 5.85. The van der Waals surface area contributed by atoms with Crippen LogP contribution in [-0.4, -0.2) is 6.10 Å². The summed E-state index contributed by atoms with van der Waals surface area (Å²) in [5.41, 5.74) is 11.3. The van der Waals surface area contributed by atoms with Gasteiger partial charge < -0.3 is 10.5 Å². The summed E-state index contributed by atoms with van der Waals surface area (Å²) >= 11 is 0. The average Bonchev–Trinajstić information content (AvgIpc) is 3.25. The van der Waals surface area contributed by atoms with Crippen LogP contribution in [0.15, 0.2) is 42.5 Å². The zero-order valence-corrected chi connectivity index (χ0v) is 12.1. The second kappa shape index (κ2) is 5.29. The largest absolute Gasteiger partial charge is 0.490 e. The van der Waals surface area contributed by atoms with E-state index in [1.165, 1.54) is 29.5 Å². The van der Waals surface area contributed by atoms with E-state index in [0.717, 1.165) is 11.3 Å². The Bertz CT molecular complexity index is 617. The van der Waals surface area contributed by atoms with Gasteiger partial charge in [-0.25, -0.2) is 0 Å². The van der Waals surface area contributed by atoms with Gasteiger partial charge in [0.2, 0.25) is 0 Å². The summed E-state index contributed by atoms with van der Waals surface area (Å²) in [4.78, 5) is 0. The summed E-state index contributed by atoms with van der Waals surface area (Å²) in [6.45, 7) is 4.26. The topological polar surface area (TPSA) is 35.2 Å². The van der Waals surface area contributed by atoms with Crippen molar-refractivity contribution in [3.63, 3.8) is 0 Å². The maximum atomic E-state index is 6.45. The van der Waals surface area contributed by atoms with Crippen LogP contribution in [0.3, 0.4) is 0 Å². The van der Waals surface area contributed by atoms with Gasteiger partial charge in [0.1, 0.15) is 5.75 Å². The molecule has 0 amide bonds. The summed E-state index contributed by atoms with van der Waals surface area (Å²) in [7, 11) is 0. The summed E-state index contributed by atoms with van der Waals surface area (Å²) in [5.74, 6) is 0.936. The van der Waals surface area contributed by atoms with E-state index in [9.17, 15) is 0 Å². The molecule has 0 heterocycles. The highest BCUT2D eigenvalue weighted by atomic mass is 16.5. The molecular formula is C18H21NO. The van der Waals surface area contributed by atoms with Crippen LogP contribution in [0, 0.1) is 13.8 Å². The molecule has 1 aliphatic carbocycles. The van der Waals surface area contributed by atoms with Crippen LogP contribution in [0.25, 0.3) is 0 Å². The molecule has 2 N–H and O–H groups in total. The number of rotatable bonds is 4. The molecule has 1 aliphatic rings. The van der Waals surface area contributed by atoms with Gasteiger partial charge in [-0.15, -0.1) is 0 Å². The van der Waals surface area contributed by atoms with E-state index in [4.69, 9.17) is 10.5 Å². The lowest BCUT2D eigenvalue weighted by Crippen LogP contribution is -2.14. The van der Waals surface area contributed by atoms with Crippen molar-refractivity contribution >= 4 is 0 Å². The van der Waals surface area contributed by atoms with Crippen molar-refractivity contribution < 1.29 is 4.74 Å². The summed E-state index contributed by atoms with van der Waals surface area (Å²) in [6.07, 6.45) is 2.77. The molecule has 1 unspecified atom stereocenters. The first-order valence-electron chi connectivity index (χ1n) is 7.23. The van der Waals surface area contributed by atoms with Gasteiger partial charge in [-0.05, 0) is 61.1 Å². The molecule has 0 radical (unpaired) electrons. The van der Waals surface area contributed by atoms with Gasteiger partial charge in [0.25, 0.3) is 0 Å². The third kappa shape index (κ3) is 2.70. The van der Waals surface area contributed by atoms with E-state index >= 15 is 0 Å². The minimum atomic E-state index is -0.0994. The maximum absolute atomic E-state index is 6.45. The zero-order chi connectivity index (χ0) is 14.1. The van der Waals surface area contributed by atoms with Crippen LogP contribution < -0.4 is 10.5 Å². The van der Waals surface area contributed by atoms with Crippen molar-refractivity contribution in [2.45, 2.75) is 38.8 Å². The highest BCUT2D eigenvalue weighted by Crippen LogP contribution is 2.30. The second-order valence-electron chi connectivity index (χ2n) is 5.66. The number of nitrogens with two attached hydrogens (primary N) is 1. The molecule has 20 heavy (non-hydrogen) atoms. The minimum absolute atomic E-state index is 0.0994. The van der Waals surface area contributed by atoms with Gasteiger partial charge in [-0.2, -0.15) is 0 Å². The van der Waals surface area contributed by atoms with Crippen LogP contribution in [0.1, 0.15) is 41.1 Å². The van der Waals surface area contributed by atoms with Gasteiger partial charge >= 0.3 is 0 Å². The van der Waals surface area contributed by atoms with Crippen LogP contribution >= 0.6 is 0 Å². The number of aryl methyl sites for hydroxylation is 1. The monoisotopic (exact) mass is 267 g/mol. The quantitative estimate of drug-likeness (QED) is 0.912. The Hall–Kier alpha value is -1.80. The molecule has 0 aliphatic heterocycles. The Balaban J connectivity index is 1.89. The molecule has 1 fully saturated rings. The Kier molecular flexibility index (Phi) is 3.49. The lowest BCUT2D eigenvalue weighted by molar-refractivity contribution is 0.303. The van der Waals surface area contributed by atoms with Gasteiger partial charge in [0.05, 0.1) is 12.1 Å². The summed E-state index contributed by atoms with van der Waals surface area (Å²) in [5, 5.41) is 0. The van der Waals surface area contributed by atoms with Crippen LogP contribution in [-0.2, 0) is 0 Å². The Labute approximate surface area is 120 Å². The highest BCUT2D eigenvalue weighted by Gasteiger charge is 2.23. The predicted octanol–water partition coefficient (Wildman–Crippen LogP) is 3.89. The van der Waals surface area contributed by atoms with E-state index in [2.05, 4.69) is 44.2 Å². The molecule has 2 aromatic rings. The molecule has 0 aromatic heterocycles. The first kappa shape index (κ1) is 13.2. The molecule has 0 spiro atoms. The van der Waals surface area contributed by atoms with Crippen molar-refractivity contribution in [3.8, 4) is 5.75 Å². The van der Waals surface area contributed by atoms with Crippen LogP contribution in [0.2, 0.25) is 0 Å². The van der Waals surface area contributed by atoms with Crippen LogP contribution in [0.4, 0.5) is 0 Å². The van der Waals surface area contributed by atoms with Gasteiger partial charge in [-0.1, -0.05) is 30.3 Å². The smallest absolute Gasteiger partial charge is 0.120 e. The van der Waals surface area contributed by atoms with E-state index < -0.39 is 0 Å². The van der Waals surface area contributed by atoms with Gasteiger partial charge in [0, 0.05) is 0 Å². The number of ether oxygens (including phenoxy) is 1. The van der Waals surface area contributed by atoms with Crippen molar-refractivity contribution in [3.05, 3.63) is 64.7 Å². The van der Waals surface area contributed by atoms with Crippen molar-refractivity contribution in [1.29, 1.82) is 0 Å². The van der Waals surface area contributed by atoms with E-state index in [1.807, 2.05) is 12.1 Å². The van der Waals surface area contributed by atoms with E-state index in [-0.39, 0.29) is 6.04 Å². The number of hydrogen-bond acceptors (Lipinski definition) is 2. The molecule has 1 atom stereocenters. The molecule has 2 heteroatoms. The normalized spacial score (nSPS) is 15.9. The Morgan fingerprint density at radius 2 is 1.85 bits per heavy atom. The molecule has 2 nitrogen and oxygen atoms in total. The number of benzene rings is 2. The zero-order valence-electron chi connectivity index (χ0n) is 12.1. The van der Waals surface area contributed by atoms with Crippen molar-refractivity contribution in [1.82, 2.24) is 0 Å². The third-order valence-corrected chi connectivity index (χ3v) is 4.03. The summed E-state index contributed by atoms with van der Waals surface area (Å²) in [6, 6.07) is 14.4. The molecule has 2 aromatic carbocycles. The molecule has 104 valence electrons. The molecule has 3 rings (SSSR count). The SMILES string of the molecule is Cc1cccc(C(N)c2cccc(OC3CC3)c2)c1C. The fraction of sp³-hybridized carbons (Fsp3) is 0.333. The standard InChI is InChI=1S/C18H21NO/c1-12-5-3-8-17(13(12)2)18(19)14-6-4-7-16(11-14)20-15-9-10-15/h3-8,11,15,18H,9-10,19H2,1-2H3. The number of hydrogen-bond donors (Lipinski definition) is 1. The first-order valence-corrected chi connectivity index (χ1v) is 7.23. The van der Waals surface area contributed by atoms with Crippen LogP contribution in [0.5, 0.6) is 5.75 Å². The average molecular weight is 267 g/mol. The van der Waals surface area contributed by atoms with E-state index in [1.54, 1.807) is 0 Å². The lowest BCUT2D eigenvalue weighted by Gasteiger charge is -2.17. The van der Waals surface area contributed by atoms with E-state index in [0.29, 0.717) is 6.10 Å². The molecule has 0 saturated heterocycles. The maximum Gasteiger partial charge on any atom is 0.120 e. The minimum Gasteiger partial charge on any atom is -0.490 e. The Morgan fingerprint density at radius 1 is 1.10 bits per heavy atom. The fourth-order valence-electron chi connectivity index (χ4n) is 2.45. The van der Waals surface area contributed by atoms with Crippen molar-refractivity contribution in [2.24, 2.45) is 5.73 Å². The Morgan fingerprint density at radius 3 is 2.60 bits per heavy atom. The predicted molar refractivity (Wildman–Crippen MR) is 82.0 cm³/mol. The highest BCUT2D eigenvalue weighted by molar-refractivity contribution is 5.42. The first-order chi connectivity index (χ1) is 9.65. The second-order valence-corrected chi connectivity index (χ2v) is 5.66. The molecule has 0 bridgehead atoms. The van der Waals surface area contributed by atoms with Gasteiger partial charge in [-0.3, -0.25) is 0 Å². The molecule has 1 saturated carbocycles. The van der Waals surface area contributed by atoms with Crippen molar-refractivity contribution in [2.75, 3.05) is 0 Å². The lowest BCUT2D eigenvalue weighted by atomic mass is 9.93. The molecular weight excluding hydrogens is 246 g/mol. The van der Waals surface area contributed by atoms with Gasteiger partial charge in [0.15, 0.2) is 0 Å².